The molecule has 0 bridgehead atoms. The van der Waals surface area contributed by atoms with E-state index in [1.54, 1.807) is 44.9 Å². The van der Waals surface area contributed by atoms with Crippen molar-refractivity contribution in [3.8, 4) is 0 Å². The fourth-order valence-corrected chi connectivity index (χ4v) is 9.78. The zero-order valence-corrected chi connectivity index (χ0v) is 42.8. The number of nitrogens with zero attached hydrogens (tertiary/aromatic N) is 3. The first kappa shape index (κ1) is 56.2. The van der Waals surface area contributed by atoms with Crippen LogP contribution in [-0.2, 0) is 51.1 Å². The van der Waals surface area contributed by atoms with E-state index in [0.29, 0.717) is 25.1 Å². The summed E-state index contributed by atoms with van der Waals surface area (Å²) in [6, 6.07) is 15.1. The van der Waals surface area contributed by atoms with Gasteiger partial charge >= 0.3 is 5.97 Å². The number of aliphatic hydroxyl groups excluding tert-OH is 1. The van der Waals surface area contributed by atoms with Crippen molar-refractivity contribution in [1.29, 1.82) is 0 Å². The van der Waals surface area contributed by atoms with Crippen LogP contribution >= 0.6 is 0 Å². The Bertz CT molecular complexity index is 1870. The Morgan fingerprint density at radius 1 is 0.864 bits per heavy atom. The normalized spacial score (nSPS) is 18.5. The first-order valence-electron chi connectivity index (χ1n) is 24.1. The quantitative estimate of drug-likeness (QED) is 0.0963. The number of ketones is 1. The molecule has 13 heteroatoms. The Hall–Kier alpha value is -4.17. The minimum absolute atomic E-state index is 0.0153. The predicted molar refractivity (Wildman–Crippen MR) is 259 cm³/mol. The monoisotopic (exact) mass is 921 g/mol. The summed E-state index contributed by atoms with van der Waals surface area (Å²) in [5.41, 5.74) is 1.93. The van der Waals surface area contributed by atoms with E-state index in [9.17, 15) is 29.1 Å². The van der Waals surface area contributed by atoms with Crippen LogP contribution in [0.15, 0.2) is 54.6 Å². The second-order valence-electron chi connectivity index (χ2n) is 20.5. The average Bonchev–Trinajstić information content (AvgIpc) is 3.74. The van der Waals surface area contributed by atoms with Gasteiger partial charge in [-0.05, 0) is 82.0 Å². The average molecular weight is 921 g/mol. The van der Waals surface area contributed by atoms with Crippen LogP contribution in [0.25, 0.3) is 0 Å². The molecule has 0 aromatic heterocycles. The molecule has 0 radical (unpaired) electrons. The maximum Gasteiger partial charge on any atom is 0.310 e. The zero-order chi connectivity index (χ0) is 49.6. The minimum Gasteiger partial charge on any atom is -0.460 e. The highest BCUT2D eigenvalue weighted by Crippen LogP contribution is 2.32. The molecule has 0 unspecified atom stereocenters. The maximum absolute atomic E-state index is 14.7. The number of carbonyl (C=O) groups excluding carboxylic acids is 5. The largest absolute Gasteiger partial charge is 0.460 e. The van der Waals surface area contributed by atoms with Crippen LogP contribution in [0.4, 0.5) is 0 Å². The van der Waals surface area contributed by atoms with Crippen molar-refractivity contribution in [2.75, 3.05) is 34.9 Å². The zero-order valence-electron chi connectivity index (χ0n) is 42.8. The van der Waals surface area contributed by atoms with Gasteiger partial charge in [-0.1, -0.05) is 109 Å². The number of aliphatic hydroxyl groups is 1. The SMILES string of the molecule is CC[C@H](C)[C@@H]([C@@H](CC(=O)N1CCC[C@H]1[C@H](OC)[C@@H](C)C(=O)N[C@H](C)[C@@H](O)c1ccccc1)OC)N(C)C(=O)[C@@H](CC(=O)[C@H](C(C)C)N(C)Cc1cccc(CC(=O)OC(C)(C)C)c1)C(C)C. The predicted octanol–water partition coefficient (Wildman–Crippen LogP) is 7.42. The molecule has 0 spiro atoms. The molecular formula is C53H84N4O9. The van der Waals surface area contributed by atoms with Gasteiger partial charge < -0.3 is 34.4 Å². The Labute approximate surface area is 396 Å². The minimum atomic E-state index is -0.892. The van der Waals surface area contributed by atoms with Crippen LogP contribution < -0.4 is 5.32 Å². The molecule has 2 N–H and O–H groups in total. The van der Waals surface area contributed by atoms with Gasteiger partial charge in [0.1, 0.15) is 5.60 Å². The topological polar surface area (TPSA) is 155 Å². The van der Waals surface area contributed by atoms with Crippen LogP contribution in [0.2, 0.25) is 0 Å². The molecule has 1 heterocycles. The Morgan fingerprint density at radius 2 is 1.50 bits per heavy atom. The van der Waals surface area contributed by atoms with Gasteiger partial charge in [0, 0.05) is 46.7 Å². The molecule has 3 amide bonds. The van der Waals surface area contributed by atoms with Crippen LogP contribution in [0.5, 0.6) is 0 Å². The van der Waals surface area contributed by atoms with Crippen LogP contribution in [0.3, 0.4) is 0 Å². The molecule has 0 aliphatic carbocycles. The van der Waals surface area contributed by atoms with Crippen LogP contribution in [-0.4, -0.2) is 126 Å². The summed E-state index contributed by atoms with van der Waals surface area (Å²) in [5.74, 6) is -2.36. The van der Waals surface area contributed by atoms with E-state index in [-0.39, 0.29) is 72.5 Å². The highest BCUT2D eigenvalue weighted by molar-refractivity contribution is 5.90. The molecule has 0 saturated carbocycles. The van der Waals surface area contributed by atoms with Gasteiger partial charge in [0.2, 0.25) is 17.7 Å². The molecule has 2 aromatic carbocycles. The summed E-state index contributed by atoms with van der Waals surface area (Å²) in [4.78, 5) is 75.2. The third kappa shape index (κ3) is 15.7. The number of esters is 1. The third-order valence-corrected chi connectivity index (χ3v) is 13.4. The van der Waals surface area contributed by atoms with E-state index in [4.69, 9.17) is 14.2 Å². The van der Waals surface area contributed by atoms with Crippen molar-refractivity contribution >= 4 is 29.5 Å². The van der Waals surface area contributed by atoms with E-state index < -0.39 is 53.9 Å². The number of nitrogens with one attached hydrogen (secondary N) is 1. The molecular weight excluding hydrogens is 837 g/mol. The summed E-state index contributed by atoms with van der Waals surface area (Å²) in [7, 11) is 6.82. The highest BCUT2D eigenvalue weighted by Gasteiger charge is 2.43. The number of carbonyl (C=O) groups is 5. The van der Waals surface area contributed by atoms with Crippen LogP contribution in [0.1, 0.15) is 131 Å². The molecule has 1 aliphatic heterocycles. The summed E-state index contributed by atoms with van der Waals surface area (Å²) in [6.07, 6.45) is 0.218. The summed E-state index contributed by atoms with van der Waals surface area (Å²) < 4.78 is 17.6. The van der Waals surface area contributed by atoms with E-state index in [1.807, 2.05) is 115 Å². The first-order chi connectivity index (χ1) is 30.9. The van der Waals surface area contributed by atoms with E-state index >= 15 is 0 Å². The number of Topliss-reactive ketones (excluding diaryl/α,β-unsaturated/α-hetero) is 1. The molecule has 66 heavy (non-hydrogen) atoms. The number of hydrogen-bond acceptors (Lipinski definition) is 10. The van der Waals surface area contributed by atoms with Gasteiger partial charge in [0.15, 0.2) is 5.78 Å². The number of benzene rings is 2. The Kier molecular flexibility index (Phi) is 22.0. The lowest BCUT2D eigenvalue weighted by Gasteiger charge is -2.41. The second-order valence-corrected chi connectivity index (χ2v) is 20.5. The van der Waals surface area contributed by atoms with Crippen molar-refractivity contribution in [2.45, 2.75) is 169 Å². The number of amides is 3. The number of likely N-dealkylation sites (N-methyl/N-ethyl adjacent to an activating group) is 2. The van der Waals surface area contributed by atoms with Gasteiger partial charge in [0.05, 0.1) is 61.2 Å². The lowest BCUT2D eigenvalue weighted by Crippen LogP contribution is -2.54. The third-order valence-electron chi connectivity index (χ3n) is 13.4. The van der Waals surface area contributed by atoms with E-state index in [0.717, 1.165) is 24.0 Å². The number of methoxy groups -OCH3 is 2. The van der Waals surface area contributed by atoms with Gasteiger partial charge in [-0.3, -0.25) is 28.9 Å². The van der Waals surface area contributed by atoms with Gasteiger partial charge in [-0.25, -0.2) is 0 Å². The van der Waals surface area contributed by atoms with Crippen molar-refractivity contribution < 1.29 is 43.3 Å². The van der Waals surface area contributed by atoms with E-state index in [1.165, 1.54) is 0 Å². The molecule has 2 aromatic rings. The summed E-state index contributed by atoms with van der Waals surface area (Å²) >= 11 is 0. The number of likely N-dealkylation sites (tertiary alicyclic amines) is 1. The molecule has 1 fully saturated rings. The smallest absolute Gasteiger partial charge is 0.310 e. The number of ether oxygens (including phenoxy) is 3. The van der Waals surface area contributed by atoms with Crippen molar-refractivity contribution in [3.05, 3.63) is 71.3 Å². The van der Waals surface area contributed by atoms with Crippen molar-refractivity contribution in [3.63, 3.8) is 0 Å². The standard InChI is InChI=1S/C53H84N4O9/c1-16-35(6)48(44(64-14)31-45(59)57-27-21-26-42(57)50(65-15)36(7)51(62)54-37(8)49(61)40-24-18-17-19-25-40)56(13)52(63)41(33(2)3)30-43(58)47(34(4)5)55(12)32-39-23-20-22-38(28-39)29-46(60)66-53(9,10)11/h17-20,22-25,28,33-37,41-42,44,47-50,61H,16,21,26-27,29-32H2,1-15H3,(H,54,62)/t35-,36+,37+,41-,42-,44+,47-,48-,49+,50+/m0/s1. The molecule has 3 rings (SSSR count). The second kappa shape index (κ2) is 25.8. The molecule has 10 atom stereocenters. The maximum atomic E-state index is 14.7. The molecule has 1 saturated heterocycles. The molecule has 370 valence electrons. The van der Waals surface area contributed by atoms with E-state index in [2.05, 4.69) is 19.2 Å². The fourth-order valence-electron chi connectivity index (χ4n) is 9.78. The number of hydrogen-bond donors (Lipinski definition) is 2. The van der Waals surface area contributed by atoms with Gasteiger partial charge in [-0.15, -0.1) is 0 Å². The first-order valence-corrected chi connectivity index (χ1v) is 24.1. The van der Waals surface area contributed by atoms with Crippen molar-refractivity contribution in [2.24, 2.45) is 29.6 Å². The summed E-state index contributed by atoms with van der Waals surface area (Å²) in [5, 5.41) is 13.9. The fraction of sp³-hybridized carbons (Fsp3) is 0.679. The summed E-state index contributed by atoms with van der Waals surface area (Å²) in [6.45, 7) is 22.1. The Balaban J connectivity index is 1.76. The van der Waals surface area contributed by atoms with Crippen LogP contribution in [0, 0.1) is 29.6 Å². The lowest BCUT2D eigenvalue weighted by atomic mass is 9.83. The van der Waals surface area contributed by atoms with Gasteiger partial charge in [0.25, 0.3) is 0 Å². The molecule has 13 nitrogen and oxygen atoms in total. The lowest BCUT2D eigenvalue weighted by molar-refractivity contribution is -0.154. The van der Waals surface area contributed by atoms with Crippen molar-refractivity contribution in [1.82, 2.24) is 20.0 Å². The Morgan fingerprint density at radius 3 is 2.06 bits per heavy atom. The van der Waals surface area contributed by atoms with Gasteiger partial charge in [-0.2, -0.15) is 0 Å². The number of rotatable bonds is 25. The molecule has 1 aliphatic rings. The highest BCUT2D eigenvalue weighted by atomic mass is 16.6.